The lowest BCUT2D eigenvalue weighted by Gasteiger charge is -2.05. The summed E-state index contributed by atoms with van der Waals surface area (Å²) in [5.41, 5.74) is 0.124. The fourth-order valence-corrected chi connectivity index (χ4v) is 1.36. The van der Waals surface area contributed by atoms with Crippen LogP contribution in [-0.4, -0.2) is 26.0 Å². The summed E-state index contributed by atoms with van der Waals surface area (Å²) in [6.45, 7) is 3.33. The molecule has 16 heavy (non-hydrogen) atoms. The summed E-state index contributed by atoms with van der Waals surface area (Å²) in [5.74, 6) is -0.303. The van der Waals surface area contributed by atoms with Gasteiger partial charge in [0.05, 0.1) is 12.7 Å². The number of hydrogen-bond donors (Lipinski definition) is 1. The van der Waals surface area contributed by atoms with Crippen LogP contribution in [0.2, 0.25) is 0 Å². The molecule has 0 amide bonds. The van der Waals surface area contributed by atoms with Crippen molar-refractivity contribution in [2.24, 2.45) is 0 Å². The molecule has 1 N–H and O–H groups in total. The fraction of sp³-hybridized carbons (Fsp3) is 0.417. The number of halogens is 1. The molecule has 0 aromatic heterocycles. The molecule has 0 atom stereocenters. The van der Waals surface area contributed by atoms with E-state index < -0.39 is 5.82 Å². The molecule has 3 nitrogen and oxygen atoms in total. The van der Waals surface area contributed by atoms with Crippen molar-refractivity contribution in [2.45, 2.75) is 13.3 Å². The molecule has 1 rings (SSSR count). The Bertz CT molecular complexity index is 366. The number of carbonyl (C=O) groups is 1. The van der Waals surface area contributed by atoms with E-state index in [4.69, 9.17) is 4.74 Å². The molecule has 0 unspecified atom stereocenters. The first kappa shape index (κ1) is 12.6. The molecule has 0 spiro atoms. The van der Waals surface area contributed by atoms with Crippen LogP contribution in [0.15, 0.2) is 18.2 Å². The molecule has 0 aliphatic rings. The van der Waals surface area contributed by atoms with Gasteiger partial charge in [0.25, 0.3) is 0 Å². The number of Topliss-reactive ketones (excluding diaryl/α,β-unsaturated/α-hetero) is 1. The molecule has 0 saturated carbocycles. The zero-order valence-corrected chi connectivity index (χ0v) is 9.55. The monoisotopic (exact) mass is 225 g/mol. The predicted octanol–water partition coefficient (Wildman–Crippen LogP) is 2.02. The van der Waals surface area contributed by atoms with Crippen LogP contribution in [0, 0.1) is 5.82 Å². The van der Waals surface area contributed by atoms with Gasteiger partial charge in [-0.05, 0) is 18.7 Å². The van der Waals surface area contributed by atoms with Gasteiger partial charge in [-0.1, -0.05) is 6.92 Å². The van der Waals surface area contributed by atoms with Crippen molar-refractivity contribution in [3.8, 4) is 5.75 Å². The summed E-state index contributed by atoms with van der Waals surface area (Å²) in [4.78, 5) is 11.6. The Labute approximate surface area is 94.6 Å². The molecule has 0 heterocycles. The first-order valence-electron chi connectivity index (χ1n) is 5.26. The Morgan fingerprint density at radius 2 is 2.25 bits per heavy atom. The average molecular weight is 225 g/mol. The zero-order valence-electron chi connectivity index (χ0n) is 9.55. The summed E-state index contributed by atoms with van der Waals surface area (Å²) in [6, 6.07) is 4.27. The van der Waals surface area contributed by atoms with Gasteiger partial charge < -0.3 is 10.1 Å². The lowest BCUT2D eigenvalue weighted by Crippen LogP contribution is -2.18. The van der Waals surface area contributed by atoms with Crippen molar-refractivity contribution in [2.75, 3.05) is 20.2 Å². The first-order chi connectivity index (χ1) is 7.69. The number of ketones is 1. The third kappa shape index (κ3) is 3.31. The lowest BCUT2D eigenvalue weighted by atomic mass is 10.1. The molecule has 0 aliphatic heterocycles. The molecule has 0 radical (unpaired) electrons. The Morgan fingerprint density at radius 3 is 2.81 bits per heavy atom. The number of carbonyl (C=O) groups excluding carboxylic acids is 1. The zero-order chi connectivity index (χ0) is 12.0. The highest BCUT2D eigenvalue weighted by atomic mass is 19.1. The van der Waals surface area contributed by atoms with Crippen LogP contribution in [0.5, 0.6) is 5.75 Å². The second-order valence-corrected chi connectivity index (χ2v) is 3.37. The normalized spacial score (nSPS) is 10.2. The molecular weight excluding hydrogens is 209 g/mol. The van der Waals surface area contributed by atoms with E-state index in [0.29, 0.717) is 18.7 Å². The number of hydrogen-bond acceptors (Lipinski definition) is 3. The van der Waals surface area contributed by atoms with Gasteiger partial charge in [0.15, 0.2) is 5.78 Å². The molecule has 0 saturated heterocycles. The van der Waals surface area contributed by atoms with Gasteiger partial charge in [-0.25, -0.2) is 4.39 Å². The summed E-state index contributed by atoms with van der Waals surface area (Å²) >= 11 is 0. The minimum atomic E-state index is -0.527. The van der Waals surface area contributed by atoms with Crippen LogP contribution in [0.4, 0.5) is 4.39 Å². The van der Waals surface area contributed by atoms with Crippen LogP contribution >= 0.6 is 0 Å². The van der Waals surface area contributed by atoms with Crippen molar-refractivity contribution in [1.29, 1.82) is 0 Å². The van der Waals surface area contributed by atoms with Gasteiger partial charge in [-0.2, -0.15) is 0 Å². The van der Waals surface area contributed by atoms with E-state index in [9.17, 15) is 9.18 Å². The smallest absolute Gasteiger partial charge is 0.167 e. The van der Waals surface area contributed by atoms with E-state index in [1.54, 1.807) is 6.07 Å². The Morgan fingerprint density at radius 1 is 1.50 bits per heavy atom. The van der Waals surface area contributed by atoms with Gasteiger partial charge in [0.2, 0.25) is 0 Å². The van der Waals surface area contributed by atoms with E-state index in [-0.39, 0.29) is 11.3 Å². The van der Waals surface area contributed by atoms with Crippen LogP contribution in [0.3, 0.4) is 0 Å². The number of ether oxygens (including phenoxy) is 1. The van der Waals surface area contributed by atoms with Crippen LogP contribution in [0.1, 0.15) is 23.7 Å². The van der Waals surface area contributed by atoms with Gasteiger partial charge in [-0.3, -0.25) is 4.79 Å². The lowest BCUT2D eigenvalue weighted by molar-refractivity contribution is 0.0979. The fourth-order valence-electron chi connectivity index (χ4n) is 1.36. The maximum atomic E-state index is 13.5. The van der Waals surface area contributed by atoms with E-state index in [2.05, 4.69) is 5.32 Å². The maximum Gasteiger partial charge on any atom is 0.167 e. The van der Waals surface area contributed by atoms with Crippen molar-refractivity contribution in [1.82, 2.24) is 5.32 Å². The van der Waals surface area contributed by atoms with Crippen molar-refractivity contribution < 1.29 is 13.9 Å². The molecule has 0 bridgehead atoms. The van der Waals surface area contributed by atoms with Crippen LogP contribution in [0.25, 0.3) is 0 Å². The summed E-state index contributed by atoms with van der Waals surface area (Å²) in [5, 5.41) is 3.02. The number of benzene rings is 1. The Balaban J connectivity index is 2.68. The van der Waals surface area contributed by atoms with Crippen LogP contribution < -0.4 is 10.1 Å². The third-order valence-electron chi connectivity index (χ3n) is 2.26. The average Bonchev–Trinajstić information content (AvgIpc) is 2.29. The maximum absolute atomic E-state index is 13.5. The highest BCUT2D eigenvalue weighted by Gasteiger charge is 2.11. The van der Waals surface area contributed by atoms with E-state index >= 15 is 0 Å². The van der Waals surface area contributed by atoms with Gasteiger partial charge in [-0.15, -0.1) is 0 Å². The van der Waals surface area contributed by atoms with Gasteiger partial charge in [0.1, 0.15) is 11.6 Å². The molecule has 4 heteroatoms. The summed E-state index contributed by atoms with van der Waals surface area (Å²) < 4.78 is 18.3. The highest BCUT2D eigenvalue weighted by Crippen LogP contribution is 2.17. The highest BCUT2D eigenvalue weighted by molar-refractivity contribution is 5.96. The second-order valence-electron chi connectivity index (χ2n) is 3.37. The van der Waals surface area contributed by atoms with E-state index in [1.807, 2.05) is 6.92 Å². The third-order valence-corrected chi connectivity index (χ3v) is 2.26. The van der Waals surface area contributed by atoms with Gasteiger partial charge in [0, 0.05) is 19.0 Å². The molecule has 1 aromatic carbocycles. The Kier molecular flexibility index (Phi) is 4.92. The standard InChI is InChI=1S/C12H16FNO2/c1-3-14-7-6-12(15)10-5-4-9(16-2)8-11(10)13/h4-5,8,14H,3,6-7H2,1-2H3. The van der Waals surface area contributed by atoms with Crippen molar-refractivity contribution >= 4 is 5.78 Å². The molecule has 0 fully saturated rings. The topological polar surface area (TPSA) is 38.3 Å². The summed E-state index contributed by atoms with van der Waals surface area (Å²) in [7, 11) is 1.46. The SMILES string of the molecule is CCNCCC(=O)c1ccc(OC)cc1F. The summed E-state index contributed by atoms with van der Waals surface area (Å²) in [6.07, 6.45) is 0.303. The first-order valence-corrected chi connectivity index (χ1v) is 5.26. The molecule has 88 valence electrons. The van der Waals surface area contributed by atoms with E-state index in [1.165, 1.54) is 19.2 Å². The van der Waals surface area contributed by atoms with Crippen LogP contribution in [-0.2, 0) is 0 Å². The predicted molar refractivity (Wildman–Crippen MR) is 60.4 cm³/mol. The largest absolute Gasteiger partial charge is 0.497 e. The molecular formula is C12H16FNO2. The van der Waals surface area contributed by atoms with Crippen molar-refractivity contribution in [3.63, 3.8) is 0 Å². The van der Waals surface area contributed by atoms with E-state index in [0.717, 1.165) is 6.54 Å². The quantitative estimate of drug-likeness (QED) is 0.594. The number of nitrogens with one attached hydrogen (secondary N) is 1. The molecule has 0 aliphatic carbocycles. The van der Waals surface area contributed by atoms with Gasteiger partial charge >= 0.3 is 0 Å². The van der Waals surface area contributed by atoms with Crippen molar-refractivity contribution in [3.05, 3.63) is 29.6 Å². The number of methoxy groups -OCH3 is 1. The number of rotatable bonds is 6. The minimum absolute atomic E-state index is 0.124. The minimum Gasteiger partial charge on any atom is -0.497 e. The Hall–Kier alpha value is -1.42. The molecule has 1 aromatic rings. The second kappa shape index (κ2) is 6.23.